The van der Waals surface area contributed by atoms with Crippen molar-refractivity contribution in [2.24, 2.45) is 11.0 Å². The molecule has 2 aliphatic heterocycles. The first-order valence-electron chi connectivity index (χ1n) is 14.2. The van der Waals surface area contributed by atoms with E-state index < -0.39 is 0 Å². The molecule has 8 nitrogen and oxygen atoms in total. The molecule has 4 rings (SSSR count). The lowest BCUT2D eigenvalue weighted by Gasteiger charge is -2.38. The minimum atomic E-state index is -0.218. The van der Waals surface area contributed by atoms with Crippen LogP contribution in [0.4, 0.5) is 11.4 Å². The number of hydrogen-bond donors (Lipinski definition) is 0. The third-order valence-corrected chi connectivity index (χ3v) is 8.02. The van der Waals surface area contributed by atoms with Gasteiger partial charge in [0, 0.05) is 66.1 Å². The maximum Gasteiger partial charge on any atom is 0.234 e. The Morgan fingerprint density at radius 3 is 2.59 bits per heavy atom. The molecule has 3 unspecified atom stereocenters. The first-order chi connectivity index (χ1) is 19.0. The lowest BCUT2D eigenvalue weighted by Crippen LogP contribution is -2.49. The molecule has 0 aliphatic carbocycles. The molecule has 0 radical (unpaired) electrons. The Hall–Kier alpha value is -3.82. The second kappa shape index (κ2) is 13.3. The maximum atomic E-state index is 13.5. The van der Waals surface area contributed by atoms with Gasteiger partial charge in [-0.3, -0.25) is 14.6 Å². The van der Waals surface area contributed by atoms with E-state index in [1.165, 1.54) is 0 Å². The van der Waals surface area contributed by atoms with Crippen molar-refractivity contribution in [2.45, 2.75) is 83.6 Å². The highest BCUT2D eigenvalue weighted by molar-refractivity contribution is 6.05. The number of amides is 2. The second-order valence-electron chi connectivity index (χ2n) is 10.5. The van der Waals surface area contributed by atoms with E-state index in [-0.39, 0.29) is 35.6 Å². The molecule has 39 heavy (non-hydrogen) atoms. The molecule has 2 aromatic rings. The smallest absolute Gasteiger partial charge is 0.234 e. The Labute approximate surface area is 231 Å². The zero-order valence-electron chi connectivity index (χ0n) is 23.2. The Morgan fingerprint density at radius 2 is 1.92 bits per heavy atom. The summed E-state index contributed by atoms with van der Waals surface area (Å²) >= 11 is 0. The third kappa shape index (κ3) is 6.43. The van der Waals surface area contributed by atoms with Crippen LogP contribution in [0.2, 0.25) is 0 Å². The van der Waals surface area contributed by atoms with Gasteiger partial charge in [-0.1, -0.05) is 37.4 Å². The van der Waals surface area contributed by atoms with E-state index in [0.29, 0.717) is 31.6 Å². The molecule has 0 N–H and O–H groups in total. The van der Waals surface area contributed by atoms with Crippen LogP contribution in [0.25, 0.3) is 10.4 Å². The summed E-state index contributed by atoms with van der Waals surface area (Å²) in [5.74, 6) is 6.85. The van der Waals surface area contributed by atoms with Crippen LogP contribution >= 0.6 is 0 Å². The average Bonchev–Trinajstić information content (AvgIpc) is 3.25. The van der Waals surface area contributed by atoms with Crippen LogP contribution in [-0.4, -0.2) is 40.8 Å². The molecule has 3 heterocycles. The topological polar surface area (TPSA) is 102 Å². The highest BCUT2D eigenvalue weighted by atomic mass is 16.2. The summed E-state index contributed by atoms with van der Waals surface area (Å²) in [6.45, 7) is 7.53. The quantitative estimate of drug-likeness (QED) is 0.154. The summed E-state index contributed by atoms with van der Waals surface area (Å²) in [5.41, 5.74) is 12.3. The first kappa shape index (κ1) is 28.2. The van der Waals surface area contributed by atoms with Crippen LogP contribution in [0.15, 0.2) is 47.8 Å². The standard InChI is InChI=1S/C31H38N6O2/c1-4-8-24(10-7-6-9-22(3)23-13-17-33-18-14-23)30(38)36-19-15-26(16-20-36)37-29-12-11-25(34-35-32)21-28(29)27(5-2)31(37)39/h11-14,17-18,21-22,24,26-27H,4-5,7-8,10,15-16,19-20H2,1-3H3. The molecular formula is C31H38N6O2. The zero-order chi connectivity index (χ0) is 27.8. The van der Waals surface area contributed by atoms with Crippen molar-refractivity contribution in [3.8, 4) is 11.8 Å². The van der Waals surface area contributed by atoms with Crippen molar-refractivity contribution in [1.82, 2.24) is 9.88 Å². The van der Waals surface area contributed by atoms with E-state index >= 15 is 0 Å². The normalized spacial score (nSPS) is 18.5. The predicted octanol–water partition coefficient (Wildman–Crippen LogP) is 6.86. The fourth-order valence-corrected chi connectivity index (χ4v) is 5.89. The molecule has 0 saturated carbocycles. The van der Waals surface area contributed by atoms with Crippen molar-refractivity contribution in [3.63, 3.8) is 0 Å². The maximum absolute atomic E-state index is 13.5. The fraction of sp³-hybridized carbons (Fsp3) is 0.516. The van der Waals surface area contributed by atoms with E-state index in [1.807, 2.05) is 41.0 Å². The molecule has 3 atom stereocenters. The molecule has 1 fully saturated rings. The fourth-order valence-electron chi connectivity index (χ4n) is 5.89. The Bertz CT molecular complexity index is 1270. The third-order valence-electron chi connectivity index (χ3n) is 8.02. The van der Waals surface area contributed by atoms with Crippen molar-refractivity contribution in [1.29, 1.82) is 0 Å². The van der Waals surface area contributed by atoms with Gasteiger partial charge in [0.05, 0.1) is 5.92 Å². The van der Waals surface area contributed by atoms with E-state index in [2.05, 4.69) is 40.7 Å². The Kier molecular flexibility index (Phi) is 9.62. The number of azide groups is 1. The highest BCUT2D eigenvalue weighted by Gasteiger charge is 2.41. The van der Waals surface area contributed by atoms with Gasteiger partial charge >= 0.3 is 0 Å². The molecule has 1 aromatic carbocycles. The van der Waals surface area contributed by atoms with Crippen molar-refractivity contribution >= 4 is 23.2 Å². The minimum absolute atomic E-state index is 0.0187. The van der Waals surface area contributed by atoms with E-state index in [1.54, 1.807) is 18.5 Å². The average molecular weight is 527 g/mol. The lowest BCUT2D eigenvalue weighted by molar-refractivity contribution is -0.137. The number of carbonyl (C=O) groups is 2. The van der Waals surface area contributed by atoms with Crippen LogP contribution in [0.1, 0.15) is 88.7 Å². The number of anilines is 1. The number of pyridine rings is 1. The van der Waals surface area contributed by atoms with Crippen molar-refractivity contribution in [3.05, 3.63) is 64.3 Å². The van der Waals surface area contributed by atoms with E-state index in [0.717, 1.165) is 48.9 Å². The molecule has 2 amide bonds. The number of piperidine rings is 1. The minimum Gasteiger partial charge on any atom is -0.342 e. The van der Waals surface area contributed by atoms with Gasteiger partial charge in [-0.15, -0.1) is 5.92 Å². The van der Waals surface area contributed by atoms with Gasteiger partial charge in [0.1, 0.15) is 0 Å². The summed E-state index contributed by atoms with van der Waals surface area (Å²) < 4.78 is 0. The van der Waals surface area contributed by atoms with E-state index in [4.69, 9.17) is 5.53 Å². The van der Waals surface area contributed by atoms with Crippen molar-refractivity contribution in [2.75, 3.05) is 18.0 Å². The number of nitrogens with zero attached hydrogens (tertiary/aromatic N) is 6. The number of hydrogen-bond acceptors (Lipinski definition) is 4. The Morgan fingerprint density at radius 1 is 1.18 bits per heavy atom. The highest BCUT2D eigenvalue weighted by Crippen LogP contribution is 2.43. The predicted molar refractivity (Wildman–Crippen MR) is 153 cm³/mol. The zero-order valence-corrected chi connectivity index (χ0v) is 23.2. The number of aromatic nitrogens is 1. The van der Waals surface area contributed by atoms with Crippen LogP contribution in [-0.2, 0) is 9.59 Å². The summed E-state index contributed by atoms with van der Waals surface area (Å²) in [6, 6.07) is 9.56. The van der Waals surface area contributed by atoms with Gasteiger partial charge < -0.3 is 9.80 Å². The summed E-state index contributed by atoms with van der Waals surface area (Å²) in [4.78, 5) is 37.7. The monoisotopic (exact) mass is 526 g/mol. The van der Waals surface area contributed by atoms with Crippen molar-refractivity contribution < 1.29 is 9.59 Å². The van der Waals surface area contributed by atoms with Gasteiger partial charge in [-0.25, -0.2) is 0 Å². The van der Waals surface area contributed by atoms with Crippen LogP contribution in [0.3, 0.4) is 0 Å². The second-order valence-corrected chi connectivity index (χ2v) is 10.5. The number of benzene rings is 1. The summed E-state index contributed by atoms with van der Waals surface area (Å²) in [7, 11) is 0. The van der Waals surface area contributed by atoms with Gasteiger partial charge in [0.15, 0.2) is 0 Å². The van der Waals surface area contributed by atoms with E-state index in [9.17, 15) is 9.59 Å². The molecule has 1 saturated heterocycles. The van der Waals surface area contributed by atoms with Gasteiger partial charge in [-0.2, -0.15) is 0 Å². The van der Waals surface area contributed by atoms with Crippen LogP contribution in [0.5, 0.6) is 0 Å². The molecule has 0 spiro atoms. The molecule has 1 aromatic heterocycles. The van der Waals surface area contributed by atoms with Gasteiger partial charge in [-0.05, 0) is 80.0 Å². The number of fused-ring (bicyclic) bond motifs is 1. The molecule has 8 heteroatoms. The lowest BCUT2D eigenvalue weighted by atomic mass is 9.94. The number of carbonyl (C=O) groups excluding carboxylic acids is 2. The van der Waals surface area contributed by atoms with Gasteiger partial charge in [0.2, 0.25) is 11.8 Å². The van der Waals surface area contributed by atoms with Gasteiger partial charge in [0.25, 0.3) is 0 Å². The van der Waals surface area contributed by atoms with Crippen LogP contribution in [0, 0.1) is 17.8 Å². The summed E-state index contributed by atoms with van der Waals surface area (Å²) in [6.07, 6.45) is 9.09. The Balaban J connectivity index is 1.36. The number of likely N-dealkylation sites (tertiary alicyclic amines) is 1. The largest absolute Gasteiger partial charge is 0.342 e. The molecule has 204 valence electrons. The summed E-state index contributed by atoms with van der Waals surface area (Å²) in [5, 5.41) is 3.72. The van der Waals surface area contributed by atoms with Crippen LogP contribution < -0.4 is 4.90 Å². The SMILES string of the molecule is CCCC(CCC#CC(C)c1ccncc1)C(=O)N1CCC(N2C(=O)C(CC)c3cc(N=[N+]=[N-])ccc32)CC1. The first-order valence-corrected chi connectivity index (χ1v) is 14.2. The molecule has 2 aliphatic rings. The molecule has 0 bridgehead atoms. The molecular weight excluding hydrogens is 488 g/mol. The number of rotatable bonds is 9.